The Bertz CT molecular complexity index is 1070. The Kier molecular flexibility index (Phi) is 9.10. The molecule has 0 saturated heterocycles. The molecule has 4 unspecified atom stereocenters. The maximum Gasteiger partial charge on any atom is 0.325 e. The molecule has 4 amide bonds. The second-order valence-corrected chi connectivity index (χ2v) is 7.71. The minimum atomic E-state index is -1.48. The van der Waals surface area contributed by atoms with Gasteiger partial charge in [0.1, 0.15) is 18.1 Å². The zero-order valence-electron chi connectivity index (χ0n) is 18.4. The standard InChI is InChI=1S/C21H28N6O7/c1-10(21(33)34)25-20(32)16(9-28)27-19(31)15(26-18(30)13(22)7-17(23)29)6-11-8-24-14-5-3-2-4-12(11)14/h2-5,8,10,13,15-16,24,28H,6-7,9,22H2,1H3,(H2,23,29)(H,25,32)(H,26,30)(H,27,31)(H,33,34). The summed E-state index contributed by atoms with van der Waals surface area (Å²) in [6, 6.07) is 1.97. The number of aliphatic hydroxyl groups excluding tert-OH is 1. The van der Waals surface area contributed by atoms with Crippen LogP contribution in [0.15, 0.2) is 30.5 Å². The van der Waals surface area contributed by atoms with Gasteiger partial charge in [0.25, 0.3) is 0 Å². The Morgan fingerprint density at radius 2 is 1.62 bits per heavy atom. The third kappa shape index (κ3) is 7.02. The van der Waals surface area contributed by atoms with E-state index in [1.54, 1.807) is 12.3 Å². The molecule has 0 aliphatic carbocycles. The van der Waals surface area contributed by atoms with Crippen LogP contribution in [-0.2, 0) is 30.4 Å². The van der Waals surface area contributed by atoms with E-state index in [1.807, 2.05) is 18.2 Å². The summed E-state index contributed by atoms with van der Waals surface area (Å²) in [4.78, 5) is 62.9. The number of aliphatic carboxylic acids is 1. The molecule has 4 atom stereocenters. The van der Waals surface area contributed by atoms with Crippen LogP contribution in [0.5, 0.6) is 0 Å². The predicted molar refractivity (Wildman–Crippen MR) is 120 cm³/mol. The molecule has 0 saturated carbocycles. The Labute approximate surface area is 194 Å². The summed E-state index contributed by atoms with van der Waals surface area (Å²) in [5.74, 6) is -4.67. The first-order valence-electron chi connectivity index (χ1n) is 10.4. The van der Waals surface area contributed by atoms with Crippen molar-refractivity contribution in [2.75, 3.05) is 6.61 Å². The predicted octanol–water partition coefficient (Wildman–Crippen LogP) is -2.54. The number of nitrogens with one attached hydrogen (secondary N) is 4. The van der Waals surface area contributed by atoms with Crippen molar-refractivity contribution in [3.05, 3.63) is 36.0 Å². The average molecular weight is 476 g/mol. The highest BCUT2D eigenvalue weighted by Gasteiger charge is 2.30. The molecule has 0 radical (unpaired) electrons. The molecular formula is C21H28N6O7. The van der Waals surface area contributed by atoms with E-state index in [9.17, 15) is 29.1 Å². The Morgan fingerprint density at radius 3 is 2.24 bits per heavy atom. The number of hydrogen-bond donors (Lipinski definition) is 8. The normalized spacial score (nSPS) is 14.4. The number of aromatic nitrogens is 1. The summed E-state index contributed by atoms with van der Waals surface area (Å²) in [6.07, 6.45) is 1.20. The van der Waals surface area contributed by atoms with Crippen molar-refractivity contribution in [1.82, 2.24) is 20.9 Å². The van der Waals surface area contributed by atoms with Gasteiger partial charge in [-0.1, -0.05) is 18.2 Å². The van der Waals surface area contributed by atoms with Crippen molar-refractivity contribution in [3.8, 4) is 0 Å². The zero-order chi connectivity index (χ0) is 25.4. The van der Waals surface area contributed by atoms with E-state index in [0.717, 1.165) is 10.9 Å². The highest BCUT2D eigenvalue weighted by Crippen LogP contribution is 2.19. The van der Waals surface area contributed by atoms with Gasteiger partial charge in [-0.2, -0.15) is 0 Å². The molecular weight excluding hydrogens is 448 g/mol. The number of primary amides is 1. The SMILES string of the molecule is CC(NC(=O)C(CO)NC(=O)C(Cc1c[nH]c2ccccc12)NC(=O)C(N)CC(N)=O)C(=O)O. The number of nitrogens with two attached hydrogens (primary N) is 2. The summed E-state index contributed by atoms with van der Waals surface area (Å²) >= 11 is 0. The molecule has 0 aliphatic rings. The minimum absolute atomic E-state index is 0.0177. The lowest BCUT2D eigenvalue weighted by atomic mass is 10.0. The summed E-state index contributed by atoms with van der Waals surface area (Å²) in [5, 5.41) is 26.2. The Hall–Kier alpha value is -3.97. The zero-order valence-corrected chi connectivity index (χ0v) is 18.4. The van der Waals surface area contributed by atoms with Crippen molar-refractivity contribution in [2.45, 2.75) is 43.9 Å². The van der Waals surface area contributed by atoms with E-state index >= 15 is 0 Å². The first kappa shape index (κ1) is 26.3. The smallest absolute Gasteiger partial charge is 0.325 e. The molecule has 0 spiro atoms. The molecule has 1 aromatic carbocycles. The van der Waals surface area contributed by atoms with Gasteiger partial charge in [-0.25, -0.2) is 0 Å². The van der Waals surface area contributed by atoms with E-state index in [4.69, 9.17) is 16.6 Å². The molecule has 34 heavy (non-hydrogen) atoms. The van der Waals surface area contributed by atoms with Crippen LogP contribution in [0, 0.1) is 0 Å². The third-order valence-corrected chi connectivity index (χ3v) is 5.03. The van der Waals surface area contributed by atoms with Crippen molar-refractivity contribution in [2.24, 2.45) is 11.5 Å². The molecule has 0 fully saturated rings. The number of fused-ring (bicyclic) bond motifs is 1. The highest BCUT2D eigenvalue weighted by molar-refractivity contribution is 5.95. The number of H-pyrrole nitrogens is 1. The van der Waals surface area contributed by atoms with Crippen LogP contribution < -0.4 is 27.4 Å². The van der Waals surface area contributed by atoms with Crippen LogP contribution in [0.4, 0.5) is 0 Å². The molecule has 13 nitrogen and oxygen atoms in total. The quantitative estimate of drug-likeness (QED) is 0.162. The first-order valence-corrected chi connectivity index (χ1v) is 10.4. The summed E-state index contributed by atoms with van der Waals surface area (Å²) in [7, 11) is 0. The largest absolute Gasteiger partial charge is 0.480 e. The number of rotatable bonds is 12. The third-order valence-electron chi connectivity index (χ3n) is 5.03. The average Bonchev–Trinajstić information content (AvgIpc) is 3.18. The van der Waals surface area contributed by atoms with E-state index in [2.05, 4.69) is 20.9 Å². The van der Waals surface area contributed by atoms with Crippen LogP contribution in [0.3, 0.4) is 0 Å². The van der Waals surface area contributed by atoms with Gasteiger partial charge < -0.3 is 42.6 Å². The molecule has 10 N–H and O–H groups in total. The van der Waals surface area contributed by atoms with Crippen LogP contribution in [0.1, 0.15) is 18.9 Å². The molecule has 184 valence electrons. The van der Waals surface area contributed by atoms with Crippen molar-refractivity contribution in [3.63, 3.8) is 0 Å². The second-order valence-electron chi connectivity index (χ2n) is 7.71. The molecule has 2 rings (SSSR count). The number of benzene rings is 1. The molecule has 1 aromatic heterocycles. The monoisotopic (exact) mass is 476 g/mol. The molecule has 13 heteroatoms. The topological polar surface area (TPSA) is 230 Å². The second kappa shape index (κ2) is 11.8. The summed E-state index contributed by atoms with van der Waals surface area (Å²) in [6.45, 7) is 0.398. The number of para-hydroxylation sites is 1. The highest BCUT2D eigenvalue weighted by atomic mass is 16.4. The van der Waals surface area contributed by atoms with E-state index in [1.165, 1.54) is 6.92 Å². The number of aromatic amines is 1. The van der Waals surface area contributed by atoms with Gasteiger partial charge in [0, 0.05) is 23.5 Å². The lowest BCUT2D eigenvalue weighted by molar-refractivity contribution is -0.142. The van der Waals surface area contributed by atoms with E-state index in [0.29, 0.717) is 5.56 Å². The first-order chi connectivity index (χ1) is 16.0. The maximum atomic E-state index is 13.0. The van der Waals surface area contributed by atoms with Crippen LogP contribution in [0.25, 0.3) is 10.9 Å². The van der Waals surface area contributed by atoms with Gasteiger partial charge >= 0.3 is 5.97 Å². The lowest BCUT2D eigenvalue weighted by Crippen LogP contribution is -2.58. The molecule has 0 aliphatic heterocycles. The molecule has 2 aromatic rings. The number of amides is 4. The van der Waals surface area contributed by atoms with Gasteiger partial charge in [0.15, 0.2) is 0 Å². The molecule has 0 bridgehead atoms. The van der Waals surface area contributed by atoms with Crippen molar-refractivity contribution < 1.29 is 34.2 Å². The Balaban J connectivity index is 2.23. The fourth-order valence-corrected chi connectivity index (χ4v) is 3.16. The van der Waals surface area contributed by atoms with E-state index < -0.39 is 66.8 Å². The van der Waals surface area contributed by atoms with E-state index in [-0.39, 0.29) is 6.42 Å². The van der Waals surface area contributed by atoms with Gasteiger partial charge in [-0.05, 0) is 18.6 Å². The number of aliphatic hydroxyl groups is 1. The fourth-order valence-electron chi connectivity index (χ4n) is 3.16. The van der Waals surface area contributed by atoms with Gasteiger partial charge in [0.2, 0.25) is 23.6 Å². The number of carbonyl (C=O) groups is 5. The summed E-state index contributed by atoms with van der Waals surface area (Å²) < 4.78 is 0. The summed E-state index contributed by atoms with van der Waals surface area (Å²) in [5.41, 5.74) is 12.2. The Morgan fingerprint density at radius 1 is 1.00 bits per heavy atom. The minimum Gasteiger partial charge on any atom is -0.480 e. The van der Waals surface area contributed by atoms with Crippen molar-refractivity contribution in [1.29, 1.82) is 0 Å². The van der Waals surface area contributed by atoms with Gasteiger partial charge in [-0.3, -0.25) is 24.0 Å². The fraction of sp³-hybridized carbons (Fsp3) is 0.381. The van der Waals surface area contributed by atoms with Gasteiger partial charge in [-0.15, -0.1) is 0 Å². The molecule has 1 heterocycles. The maximum absolute atomic E-state index is 13.0. The lowest BCUT2D eigenvalue weighted by Gasteiger charge is -2.23. The number of carboxylic acids is 1. The number of carbonyl (C=O) groups excluding carboxylic acids is 4. The number of hydrogen-bond acceptors (Lipinski definition) is 7. The van der Waals surface area contributed by atoms with Crippen molar-refractivity contribution >= 4 is 40.5 Å². The van der Waals surface area contributed by atoms with Crippen LogP contribution >= 0.6 is 0 Å². The number of carboxylic acid groups (broad SMARTS) is 1. The van der Waals surface area contributed by atoms with Crippen LogP contribution in [0.2, 0.25) is 0 Å². The van der Waals surface area contributed by atoms with Gasteiger partial charge in [0.05, 0.1) is 19.1 Å². The van der Waals surface area contributed by atoms with Crippen LogP contribution in [-0.4, -0.2) is 75.6 Å².